The van der Waals surface area contributed by atoms with Crippen LogP contribution in [0, 0.1) is 0 Å². The van der Waals surface area contributed by atoms with Crippen molar-refractivity contribution in [3.8, 4) is 0 Å². The van der Waals surface area contributed by atoms with Crippen LogP contribution < -0.4 is 0 Å². The Morgan fingerprint density at radius 2 is 2.09 bits per heavy atom. The molecule has 0 spiro atoms. The molecule has 0 saturated heterocycles. The molecule has 2 heteroatoms. The van der Waals surface area contributed by atoms with Gasteiger partial charge in [-0.15, -0.1) is 11.3 Å². The minimum atomic E-state index is -0.348. The van der Waals surface area contributed by atoms with Gasteiger partial charge in [0.1, 0.15) is 6.67 Å². The minimum Gasteiger partial charge on any atom is -0.245 e. The molecule has 2 rings (SSSR count). The molecule has 0 unspecified atom stereocenters. The van der Waals surface area contributed by atoms with E-state index < -0.39 is 0 Å². The summed E-state index contributed by atoms with van der Waals surface area (Å²) in [7, 11) is 0. The maximum Gasteiger partial charge on any atom is 0.124 e. The van der Waals surface area contributed by atoms with E-state index in [1.165, 1.54) is 16.0 Å². The van der Waals surface area contributed by atoms with Crippen LogP contribution >= 0.6 is 11.3 Å². The zero-order chi connectivity index (χ0) is 7.68. The molecule has 0 amide bonds. The van der Waals surface area contributed by atoms with Gasteiger partial charge >= 0.3 is 0 Å². The summed E-state index contributed by atoms with van der Waals surface area (Å²) in [6.07, 6.45) is 0. The molecule has 11 heavy (non-hydrogen) atoms. The van der Waals surface area contributed by atoms with Gasteiger partial charge in [0.25, 0.3) is 0 Å². The van der Waals surface area contributed by atoms with Crippen LogP contribution in [0.15, 0.2) is 30.3 Å². The molecular formula is C9H7FS. The first-order chi connectivity index (χ1) is 5.40. The third-order valence-corrected chi connectivity index (χ3v) is 2.69. The maximum absolute atomic E-state index is 12.2. The molecule has 0 saturated carbocycles. The highest BCUT2D eigenvalue weighted by molar-refractivity contribution is 7.19. The number of halogens is 1. The van der Waals surface area contributed by atoms with E-state index in [-0.39, 0.29) is 6.67 Å². The molecule has 1 aromatic carbocycles. The van der Waals surface area contributed by atoms with Gasteiger partial charge in [-0.1, -0.05) is 18.2 Å². The summed E-state index contributed by atoms with van der Waals surface area (Å²) in [6.45, 7) is -0.348. The monoisotopic (exact) mass is 166 g/mol. The van der Waals surface area contributed by atoms with E-state index in [1.807, 2.05) is 30.3 Å². The minimum absolute atomic E-state index is 0.348. The molecule has 0 radical (unpaired) electrons. The Kier molecular flexibility index (Phi) is 1.62. The lowest BCUT2D eigenvalue weighted by atomic mass is 10.2. The van der Waals surface area contributed by atoms with E-state index >= 15 is 0 Å². The lowest BCUT2D eigenvalue weighted by Gasteiger charge is -1.82. The second-order valence-corrected chi connectivity index (χ2v) is 3.55. The molecule has 0 nitrogen and oxygen atoms in total. The van der Waals surface area contributed by atoms with E-state index in [4.69, 9.17) is 0 Å². The van der Waals surface area contributed by atoms with Crippen LogP contribution in [0.5, 0.6) is 0 Å². The van der Waals surface area contributed by atoms with E-state index in [9.17, 15) is 4.39 Å². The van der Waals surface area contributed by atoms with Crippen molar-refractivity contribution >= 4 is 21.4 Å². The summed E-state index contributed by atoms with van der Waals surface area (Å²) in [5.74, 6) is 0. The second kappa shape index (κ2) is 2.62. The van der Waals surface area contributed by atoms with Gasteiger partial charge in [0, 0.05) is 9.58 Å². The number of alkyl halides is 1. The predicted molar refractivity (Wildman–Crippen MR) is 46.6 cm³/mol. The fourth-order valence-electron chi connectivity index (χ4n) is 1.10. The van der Waals surface area contributed by atoms with Gasteiger partial charge in [-0.05, 0) is 17.5 Å². The van der Waals surface area contributed by atoms with Gasteiger partial charge in [0.2, 0.25) is 0 Å². The van der Waals surface area contributed by atoms with Crippen LogP contribution in [-0.2, 0) is 6.67 Å². The molecule has 0 aliphatic rings. The standard InChI is InChI=1S/C9H7FS/c10-6-8-5-7-3-1-2-4-9(7)11-8/h1-5H,6H2. The van der Waals surface area contributed by atoms with Crippen molar-refractivity contribution in [2.75, 3.05) is 0 Å². The van der Waals surface area contributed by atoms with E-state index in [0.717, 1.165) is 10.3 Å². The third-order valence-electron chi connectivity index (χ3n) is 1.61. The van der Waals surface area contributed by atoms with Crippen molar-refractivity contribution in [2.24, 2.45) is 0 Å². The number of hydrogen-bond acceptors (Lipinski definition) is 1. The molecule has 56 valence electrons. The van der Waals surface area contributed by atoms with Gasteiger partial charge in [-0.2, -0.15) is 0 Å². The molecule has 0 N–H and O–H groups in total. The first kappa shape index (κ1) is 6.80. The largest absolute Gasteiger partial charge is 0.245 e. The molecule has 2 aromatic rings. The molecule has 1 aromatic heterocycles. The van der Waals surface area contributed by atoms with Gasteiger partial charge in [-0.3, -0.25) is 0 Å². The zero-order valence-corrected chi connectivity index (χ0v) is 6.70. The van der Waals surface area contributed by atoms with Crippen molar-refractivity contribution in [1.82, 2.24) is 0 Å². The number of benzene rings is 1. The van der Waals surface area contributed by atoms with Crippen molar-refractivity contribution in [3.63, 3.8) is 0 Å². The summed E-state index contributed by atoms with van der Waals surface area (Å²) in [6, 6.07) is 9.86. The van der Waals surface area contributed by atoms with Crippen LogP contribution in [0.3, 0.4) is 0 Å². The van der Waals surface area contributed by atoms with Gasteiger partial charge in [-0.25, -0.2) is 4.39 Å². The van der Waals surface area contributed by atoms with Crippen molar-refractivity contribution < 1.29 is 4.39 Å². The van der Waals surface area contributed by atoms with Crippen molar-refractivity contribution in [3.05, 3.63) is 35.2 Å². The van der Waals surface area contributed by atoms with E-state index in [1.54, 1.807) is 0 Å². The lowest BCUT2D eigenvalue weighted by Crippen LogP contribution is -1.61. The number of hydrogen-bond donors (Lipinski definition) is 0. The first-order valence-electron chi connectivity index (χ1n) is 3.43. The number of fused-ring (bicyclic) bond motifs is 1. The van der Waals surface area contributed by atoms with E-state index in [2.05, 4.69) is 0 Å². The maximum atomic E-state index is 12.2. The smallest absolute Gasteiger partial charge is 0.124 e. The van der Waals surface area contributed by atoms with Crippen LogP contribution in [0.4, 0.5) is 4.39 Å². The average Bonchev–Trinajstić information content (AvgIpc) is 2.46. The number of rotatable bonds is 1. The molecular weight excluding hydrogens is 159 g/mol. The Balaban J connectivity index is 2.69. The quantitative estimate of drug-likeness (QED) is 0.609. The summed E-state index contributed by atoms with van der Waals surface area (Å²) in [5.41, 5.74) is 0. The Morgan fingerprint density at radius 1 is 1.27 bits per heavy atom. The Hall–Kier alpha value is -0.890. The zero-order valence-electron chi connectivity index (χ0n) is 5.88. The highest BCUT2D eigenvalue weighted by atomic mass is 32.1. The topological polar surface area (TPSA) is 0 Å². The Morgan fingerprint density at radius 3 is 2.82 bits per heavy atom. The van der Waals surface area contributed by atoms with Crippen LogP contribution in [-0.4, -0.2) is 0 Å². The molecule has 0 atom stereocenters. The summed E-state index contributed by atoms with van der Waals surface area (Å²) in [4.78, 5) is 0.811. The lowest BCUT2D eigenvalue weighted by molar-refractivity contribution is 0.491. The predicted octanol–water partition coefficient (Wildman–Crippen LogP) is 3.37. The highest BCUT2D eigenvalue weighted by Crippen LogP contribution is 2.25. The highest BCUT2D eigenvalue weighted by Gasteiger charge is 1.98. The van der Waals surface area contributed by atoms with Crippen molar-refractivity contribution in [1.29, 1.82) is 0 Å². The SMILES string of the molecule is FCc1cc2ccccc2s1. The summed E-state index contributed by atoms with van der Waals surface area (Å²) in [5, 5.41) is 1.14. The van der Waals surface area contributed by atoms with Gasteiger partial charge < -0.3 is 0 Å². The molecule has 0 aliphatic carbocycles. The average molecular weight is 166 g/mol. The fraction of sp³-hybridized carbons (Fsp3) is 0.111. The Bertz CT molecular complexity index is 331. The van der Waals surface area contributed by atoms with Crippen LogP contribution in [0.25, 0.3) is 10.1 Å². The Labute approximate surface area is 68.3 Å². The van der Waals surface area contributed by atoms with E-state index in [0.29, 0.717) is 0 Å². The van der Waals surface area contributed by atoms with Crippen LogP contribution in [0.1, 0.15) is 4.88 Å². The summed E-state index contributed by atoms with van der Waals surface area (Å²) >= 11 is 1.52. The molecule has 0 fully saturated rings. The summed E-state index contributed by atoms with van der Waals surface area (Å²) < 4.78 is 13.3. The fourth-order valence-corrected chi connectivity index (χ4v) is 2.02. The van der Waals surface area contributed by atoms with Gasteiger partial charge in [0.15, 0.2) is 0 Å². The third kappa shape index (κ3) is 1.14. The molecule has 1 heterocycles. The normalized spacial score (nSPS) is 10.6. The second-order valence-electron chi connectivity index (χ2n) is 2.38. The van der Waals surface area contributed by atoms with Crippen LogP contribution in [0.2, 0.25) is 0 Å². The first-order valence-corrected chi connectivity index (χ1v) is 4.25. The molecule has 0 aliphatic heterocycles. The molecule has 0 bridgehead atoms. The number of thiophene rings is 1. The van der Waals surface area contributed by atoms with Crippen molar-refractivity contribution in [2.45, 2.75) is 6.67 Å². The van der Waals surface area contributed by atoms with Gasteiger partial charge in [0.05, 0.1) is 0 Å².